The first-order valence-electron chi connectivity index (χ1n) is 10.5. The van der Waals surface area contributed by atoms with Crippen molar-refractivity contribution in [3.63, 3.8) is 0 Å². The standard InChI is InChI=1S/C25H24N4S2/c1-18(20-8-11-25-23(16-20)27-22-4-2-3-5-24(22)30-25)31-29-14-12-28(13-15-29)21-9-6-19(17-26)7-10-21/h2-11,16,18,27H,12-15H2,1H3. The molecule has 1 unspecified atom stereocenters. The zero-order valence-electron chi connectivity index (χ0n) is 17.4. The SMILES string of the molecule is CC(SN1CCN(c2ccc(C#N)cc2)CC1)c1ccc2c(c1)Nc1ccccc1S2. The highest BCUT2D eigenvalue weighted by Crippen LogP contribution is 2.45. The summed E-state index contributed by atoms with van der Waals surface area (Å²) in [4.78, 5) is 4.97. The van der Waals surface area contributed by atoms with Crippen LogP contribution < -0.4 is 10.2 Å². The summed E-state index contributed by atoms with van der Waals surface area (Å²) in [6.45, 7) is 6.36. The Morgan fingerprint density at radius 3 is 2.45 bits per heavy atom. The van der Waals surface area contributed by atoms with E-state index in [1.165, 1.54) is 32.4 Å². The molecule has 3 aromatic carbocycles. The molecular weight excluding hydrogens is 420 g/mol. The predicted octanol–water partition coefficient (Wildman–Crippen LogP) is 6.30. The number of para-hydroxylation sites is 1. The summed E-state index contributed by atoms with van der Waals surface area (Å²) >= 11 is 3.78. The number of piperazine rings is 1. The normalized spacial score (nSPS) is 16.6. The first-order valence-corrected chi connectivity index (χ1v) is 12.2. The fourth-order valence-electron chi connectivity index (χ4n) is 3.99. The molecule has 0 spiro atoms. The number of fused-ring (bicyclic) bond motifs is 2. The van der Waals surface area contributed by atoms with E-state index in [0.29, 0.717) is 10.8 Å². The highest BCUT2D eigenvalue weighted by Gasteiger charge is 2.22. The van der Waals surface area contributed by atoms with Gasteiger partial charge in [0, 0.05) is 46.9 Å². The average Bonchev–Trinajstić information content (AvgIpc) is 2.83. The van der Waals surface area contributed by atoms with E-state index in [0.717, 1.165) is 26.2 Å². The van der Waals surface area contributed by atoms with Gasteiger partial charge >= 0.3 is 0 Å². The zero-order chi connectivity index (χ0) is 21.2. The fourth-order valence-corrected chi connectivity index (χ4v) is 6.05. The molecule has 31 heavy (non-hydrogen) atoms. The highest BCUT2D eigenvalue weighted by molar-refractivity contribution is 7.99. The Labute approximate surface area is 192 Å². The van der Waals surface area contributed by atoms with E-state index in [1.807, 2.05) is 35.8 Å². The first-order chi connectivity index (χ1) is 15.2. The Hall–Kier alpha value is -2.59. The third-order valence-corrected chi connectivity index (χ3v) is 8.16. The third kappa shape index (κ3) is 4.40. The molecule has 156 valence electrons. The first kappa shape index (κ1) is 20.3. The molecule has 0 aromatic heterocycles. The smallest absolute Gasteiger partial charge is 0.0991 e. The second kappa shape index (κ2) is 8.88. The summed E-state index contributed by atoms with van der Waals surface area (Å²) in [5.41, 5.74) is 5.67. The van der Waals surface area contributed by atoms with Crippen LogP contribution in [0.3, 0.4) is 0 Å². The van der Waals surface area contributed by atoms with Crippen molar-refractivity contribution in [2.24, 2.45) is 0 Å². The van der Waals surface area contributed by atoms with Crippen molar-refractivity contribution in [1.82, 2.24) is 4.31 Å². The Bertz CT molecular complexity index is 1120. The Morgan fingerprint density at radius 1 is 0.935 bits per heavy atom. The minimum atomic E-state index is 0.399. The fraction of sp³-hybridized carbons (Fsp3) is 0.240. The van der Waals surface area contributed by atoms with Crippen molar-refractivity contribution in [3.05, 3.63) is 77.9 Å². The zero-order valence-corrected chi connectivity index (χ0v) is 19.0. The lowest BCUT2D eigenvalue weighted by Crippen LogP contribution is -2.43. The molecule has 1 atom stereocenters. The number of nitriles is 1. The number of rotatable bonds is 4. The van der Waals surface area contributed by atoms with Crippen LogP contribution in [0.4, 0.5) is 17.1 Å². The van der Waals surface area contributed by atoms with Crippen LogP contribution in [0.15, 0.2) is 76.5 Å². The molecule has 6 heteroatoms. The Morgan fingerprint density at radius 2 is 1.68 bits per heavy atom. The van der Waals surface area contributed by atoms with Crippen LogP contribution in [-0.4, -0.2) is 30.5 Å². The van der Waals surface area contributed by atoms with Gasteiger partial charge in [-0.2, -0.15) is 5.26 Å². The lowest BCUT2D eigenvalue weighted by atomic mass is 10.1. The maximum absolute atomic E-state index is 8.98. The van der Waals surface area contributed by atoms with Gasteiger partial charge in [0.1, 0.15) is 0 Å². The molecule has 5 rings (SSSR count). The van der Waals surface area contributed by atoms with Crippen LogP contribution in [0.1, 0.15) is 23.3 Å². The Balaban J connectivity index is 1.20. The minimum absolute atomic E-state index is 0.399. The van der Waals surface area contributed by atoms with E-state index in [9.17, 15) is 0 Å². The molecule has 0 bridgehead atoms. The molecule has 0 amide bonds. The average molecular weight is 445 g/mol. The number of nitrogens with one attached hydrogen (secondary N) is 1. The molecule has 2 heterocycles. The molecule has 0 saturated carbocycles. The van der Waals surface area contributed by atoms with Crippen LogP contribution in [0, 0.1) is 11.3 Å². The second-order valence-electron chi connectivity index (χ2n) is 7.80. The molecule has 1 fully saturated rings. The van der Waals surface area contributed by atoms with Gasteiger partial charge in [-0.15, -0.1) is 0 Å². The van der Waals surface area contributed by atoms with Gasteiger partial charge in [0.2, 0.25) is 0 Å². The van der Waals surface area contributed by atoms with Crippen LogP contribution in [0.25, 0.3) is 0 Å². The number of nitrogens with zero attached hydrogens (tertiary/aromatic N) is 3. The van der Waals surface area contributed by atoms with Crippen LogP contribution in [0.2, 0.25) is 0 Å². The summed E-state index contributed by atoms with van der Waals surface area (Å²) in [7, 11) is 0. The molecule has 0 aliphatic carbocycles. The summed E-state index contributed by atoms with van der Waals surface area (Å²) in [6, 6.07) is 25.4. The van der Waals surface area contributed by atoms with Crippen molar-refractivity contribution >= 4 is 40.8 Å². The van der Waals surface area contributed by atoms with E-state index in [-0.39, 0.29) is 0 Å². The van der Waals surface area contributed by atoms with Gasteiger partial charge in [-0.1, -0.05) is 41.9 Å². The minimum Gasteiger partial charge on any atom is -0.369 e. The van der Waals surface area contributed by atoms with Crippen LogP contribution in [-0.2, 0) is 0 Å². The van der Waals surface area contributed by atoms with Crippen LogP contribution >= 0.6 is 23.7 Å². The molecule has 2 aliphatic heterocycles. The molecule has 1 saturated heterocycles. The van der Waals surface area contributed by atoms with Gasteiger partial charge in [-0.05, 0) is 61.0 Å². The predicted molar refractivity (Wildman–Crippen MR) is 131 cm³/mol. The van der Waals surface area contributed by atoms with Crippen molar-refractivity contribution in [3.8, 4) is 6.07 Å². The summed E-state index contributed by atoms with van der Waals surface area (Å²) in [5, 5.41) is 13.0. The summed E-state index contributed by atoms with van der Waals surface area (Å²) in [5.74, 6) is 0. The van der Waals surface area contributed by atoms with Gasteiger partial charge in [-0.3, -0.25) is 0 Å². The van der Waals surface area contributed by atoms with Crippen molar-refractivity contribution < 1.29 is 0 Å². The molecule has 2 aliphatic rings. The third-order valence-electron chi connectivity index (χ3n) is 5.76. The van der Waals surface area contributed by atoms with Crippen molar-refractivity contribution in [2.45, 2.75) is 22.0 Å². The van der Waals surface area contributed by atoms with Gasteiger partial charge in [0.15, 0.2) is 0 Å². The van der Waals surface area contributed by atoms with Gasteiger partial charge in [0.05, 0.1) is 23.0 Å². The maximum Gasteiger partial charge on any atom is 0.0991 e. The van der Waals surface area contributed by atoms with Gasteiger partial charge in [0.25, 0.3) is 0 Å². The molecule has 0 radical (unpaired) electrons. The van der Waals surface area contributed by atoms with E-state index in [1.54, 1.807) is 0 Å². The van der Waals surface area contributed by atoms with Crippen molar-refractivity contribution in [1.29, 1.82) is 5.26 Å². The second-order valence-corrected chi connectivity index (χ2v) is 10.3. The van der Waals surface area contributed by atoms with E-state index in [2.05, 4.69) is 82.1 Å². The summed E-state index contributed by atoms with van der Waals surface area (Å²) < 4.78 is 2.49. The Kier molecular flexibility index (Phi) is 5.82. The van der Waals surface area contributed by atoms with Crippen LogP contribution in [0.5, 0.6) is 0 Å². The van der Waals surface area contributed by atoms with Gasteiger partial charge < -0.3 is 10.2 Å². The number of anilines is 3. The largest absolute Gasteiger partial charge is 0.369 e. The highest BCUT2D eigenvalue weighted by atomic mass is 32.2. The van der Waals surface area contributed by atoms with Crippen molar-refractivity contribution in [2.75, 3.05) is 36.4 Å². The lowest BCUT2D eigenvalue weighted by molar-refractivity contribution is 0.428. The van der Waals surface area contributed by atoms with E-state index in [4.69, 9.17) is 5.26 Å². The monoisotopic (exact) mass is 444 g/mol. The molecular formula is C25H24N4S2. The number of hydrogen-bond donors (Lipinski definition) is 1. The lowest BCUT2D eigenvalue weighted by Gasteiger charge is -2.36. The molecule has 3 aromatic rings. The molecule has 1 N–H and O–H groups in total. The van der Waals surface area contributed by atoms with E-state index < -0.39 is 0 Å². The number of benzene rings is 3. The van der Waals surface area contributed by atoms with Gasteiger partial charge in [-0.25, -0.2) is 4.31 Å². The molecule has 4 nitrogen and oxygen atoms in total. The summed E-state index contributed by atoms with van der Waals surface area (Å²) in [6.07, 6.45) is 0. The van der Waals surface area contributed by atoms with E-state index >= 15 is 0 Å². The topological polar surface area (TPSA) is 42.3 Å². The number of hydrogen-bond acceptors (Lipinski definition) is 6. The quantitative estimate of drug-likeness (QED) is 0.373. The maximum atomic E-state index is 8.98.